The summed E-state index contributed by atoms with van der Waals surface area (Å²) in [6, 6.07) is 16.1. The molecule has 1 aromatic heterocycles. The standard InChI is InChI=1S/C28H29N5O3/c1-4-31-17-24(33(35)36)26(29-31)28(34)32-27(21-14-10-19(3)11-15-21)23-7-5-6-22(25(23)30-32)16-20-12-8-18(2)9-13-20/h8-17,23,27H,4-7H2,1-3H3/b22-16-. The number of carbonyl (C=O) groups is 1. The number of amides is 1. The molecule has 5 rings (SSSR count). The SMILES string of the molecule is CCn1cc([N+](=O)[O-])c(C(=O)N2N=C3/C(=C\c4ccc(C)cc4)CCCC3C2c2ccc(C)cc2)n1. The molecular weight excluding hydrogens is 454 g/mol. The minimum atomic E-state index is -0.549. The zero-order valence-corrected chi connectivity index (χ0v) is 20.7. The van der Waals surface area contributed by atoms with Gasteiger partial charge in [-0.25, -0.2) is 5.01 Å². The van der Waals surface area contributed by atoms with Gasteiger partial charge >= 0.3 is 11.6 Å². The summed E-state index contributed by atoms with van der Waals surface area (Å²) < 4.78 is 1.42. The van der Waals surface area contributed by atoms with Gasteiger partial charge < -0.3 is 0 Å². The Morgan fingerprint density at radius 2 is 1.78 bits per heavy atom. The second-order valence-corrected chi connectivity index (χ2v) is 9.55. The highest BCUT2D eigenvalue weighted by Gasteiger charge is 2.45. The zero-order valence-electron chi connectivity index (χ0n) is 20.7. The Balaban J connectivity index is 1.60. The van der Waals surface area contributed by atoms with Gasteiger partial charge in [0.2, 0.25) is 5.69 Å². The van der Waals surface area contributed by atoms with Crippen LogP contribution in [0.15, 0.2) is 65.4 Å². The van der Waals surface area contributed by atoms with Crippen LogP contribution >= 0.6 is 0 Å². The second kappa shape index (κ2) is 9.53. The lowest BCUT2D eigenvalue weighted by molar-refractivity contribution is -0.385. The van der Waals surface area contributed by atoms with E-state index in [-0.39, 0.29) is 23.3 Å². The van der Waals surface area contributed by atoms with E-state index in [9.17, 15) is 14.9 Å². The van der Waals surface area contributed by atoms with Crippen molar-refractivity contribution in [1.29, 1.82) is 0 Å². The summed E-state index contributed by atoms with van der Waals surface area (Å²) in [6.07, 6.45) is 6.21. The van der Waals surface area contributed by atoms with E-state index in [0.29, 0.717) is 6.54 Å². The van der Waals surface area contributed by atoms with Crippen LogP contribution in [0.25, 0.3) is 6.08 Å². The number of aromatic nitrogens is 2. The van der Waals surface area contributed by atoms with Crippen LogP contribution in [0.2, 0.25) is 0 Å². The Kier molecular flexibility index (Phi) is 6.26. The van der Waals surface area contributed by atoms with Crippen LogP contribution in [0, 0.1) is 29.9 Å². The first-order chi connectivity index (χ1) is 17.4. The molecule has 2 heterocycles. The molecule has 1 fully saturated rings. The van der Waals surface area contributed by atoms with E-state index < -0.39 is 10.8 Å². The summed E-state index contributed by atoms with van der Waals surface area (Å²) >= 11 is 0. The highest BCUT2D eigenvalue weighted by atomic mass is 16.6. The van der Waals surface area contributed by atoms with Gasteiger partial charge in [0.15, 0.2) is 0 Å². The van der Waals surface area contributed by atoms with Gasteiger partial charge in [-0.1, -0.05) is 59.7 Å². The first kappa shape index (κ1) is 23.7. The Labute approximate surface area is 210 Å². The van der Waals surface area contributed by atoms with Crippen LogP contribution in [-0.2, 0) is 6.54 Å². The lowest BCUT2D eigenvalue weighted by Gasteiger charge is -2.29. The van der Waals surface area contributed by atoms with Crippen LogP contribution in [-0.4, -0.2) is 31.3 Å². The molecule has 1 aliphatic heterocycles. The number of nitrogens with zero attached hydrogens (tertiary/aromatic N) is 5. The monoisotopic (exact) mass is 483 g/mol. The van der Waals surface area contributed by atoms with Crippen molar-refractivity contribution in [2.24, 2.45) is 11.0 Å². The average molecular weight is 484 g/mol. The molecule has 1 amide bonds. The summed E-state index contributed by atoms with van der Waals surface area (Å²) in [6.45, 7) is 6.33. The molecule has 0 radical (unpaired) electrons. The quantitative estimate of drug-likeness (QED) is 0.335. The van der Waals surface area contributed by atoms with Crippen molar-refractivity contribution in [2.45, 2.75) is 52.6 Å². The highest BCUT2D eigenvalue weighted by Crippen LogP contribution is 2.45. The number of allylic oxidation sites excluding steroid dienone is 1. The molecule has 0 saturated heterocycles. The van der Waals surface area contributed by atoms with Gasteiger partial charge in [0.05, 0.1) is 16.7 Å². The van der Waals surface area contributed by atoms with Crippen molar-refractivity contribution in [3.05, 3.63) is 98.4 Å². The molecule has 8 nitrogen and oxygen atoms in total. The molecule has 1 aliphatic carbocycles. The minimum Gasteiger partial charge on any atom is -0.265 e. The number of fused-ring (bicyclic) bond motifs is 1. The first-order valence-electron chi connectivity index (χ1n) is 12.3. The number of hydrogen-bond acceptors (Lipinski definition) is 5. The number of hydrazone groups is 1. The number of hydrogen-bond donors (Lipinski definition) is 0. The van der Waals surface area contributed by atoms with Crippen molar-refractivity contribution < 1.29 is 9.72 Å². The molecule has 2 aliphatic rings. The van der Waals surface area contributed by atoms with Crippen molar-refractivity contribution in [1.82, 2.24) is 14.8 Å². The number of rotatable bonds is 5. The van der Waals surface area contributed by atoms with Gasteiger partial charge in [0, 0.05) is 12.5 Å². The summed E-state index contributed by atoms with van der Waals surface area (Å²) in [4.78, 5) is 25.0. The Bertz CT molecular complexity index is 1370. The van der Waals surface area contributed by atoms with Crippen molar-refractivity contribution in [3.8, 4) is 0 Å². The molecule has 2 unspecified atom stereocenters. The molecule has 184 valence electrons. The van der Waals surface area contributed by atoms with E-state index in [1.165, 1.54) is 21.5 Å². The minimum absolute atomic E-state index is 0.00872. The van der Waals surface area contributed by atoms with Crippen LogP contribution in [0.4, 0.5) is 5.69 Å². The molecule has 0 spiro atoms. The maximum absolute atomic E-state index is 13.8. The van der Waals surface area contributed by atoms with E-state index in [0.717, 1.165) is 47.2 Å². The van der Waals surface area contributed by atoms with E-state index in [1.54, 1.807) is 0 Å². The van der Waals surface area contributed by atoms with E-state index in [2.05, 4.69) is 42.4 Å². The molecule has 2 aromatic carbocycles. The predicted molar refractivity (Wildman–Crippen MR) is 139 cm³/mol. The van der Waals surface area contributed by atoms with Gasteiger partial charge in [-0.2, -0.15) is 10.2 Å². The summed E-state index contributed by atoms with van der Waals surface area (Å²) in [5.41, 5.74) is 5.90. The largest absolute Gasteiger partial charge is 0.320 e. The Hall–Kier alpha value is -4.07. The maximum atomic E-state index is 13.8. The number of aryl methyl sites for hydroxylation is 3. The second-order valence-electron chi connectivity index (χ2n) is 9.55. The van der Waals surface area contributed by atoms with Gasteiger partial charge in [0.1, 0.15) is 6.20 Å². The number of carbonyl (C=O) groups excluding carboxylic acids is 1. The molecule has 1 saturated carbocycles. The molecule has 2 atom stereocenters. The van der Waals surface area contributed by atoms with Crippen molar-refractivity contribution in [2.75, 3.05) is 0 Å². The molecule has 0 bridgehead atoms. The Morgan fingerprint density at radius 3 is 2.42 bits per heavy atom. The maximum Gasteiger partial charge on any atom is 0.320 e. The van der Waals surface area contributed by atoms with Gasteiger partial charge in [-0.3, -0.25) is 19.6 Å². The van der Waals surface area contributed by atoms with Crippen LogP contribution < -0.4 is 0 Å². The third-order valence-corrected chi connectivity index (χ3v) is 7.01. The summed E-state index contributed by atoms with van der Waals surface area (Å²) in [5.74, 6) is -0.537. The molecular formula is C28H29N5O3. The topological polar surface area (TPSA) is 93.6 Å². The molecule has 8 heteroatoms. The molecule has 3 aromatic rings. The fourth-order valence-corrected chi connectivity index (χ4v) is 5.10. The van der Waals surface area contributed by atoms with Crippen LogP contribution in [0.3, 0.4) is 0 Å². The fourth-order valence-electron chi connectivity index (χ4n) is 5.10. The van der Waals surface area contributed by atoms with E-state index >= 15 is 0 Å². The number of nitro groups is 1. The van der Waals surface area contributed by atoms with Crippen LogP contribution in [0.1, 0.15) is 65.0 Å². The third kappa shape index (κ3) is 4.34. The van der Waals surface area contributed by atoms with Crippen molar-refractivity contribution in [3.63, 3.8) is 0 Å². The number of benzene rings is 2. The normalized spacial score (nSPS) is 20.4. The smallest absolute Gasteiger partial charge is 0.265 e. The van der Waals surface area contributed by atoms with Gasteiger partial charge in [-0.05, 0) is 62.8 Å². The van der Waals surface area contributed by atoms with Gasteiger partial charge in [-0.15, -0.1) is 0 Å². The van der Waals surface area contributed by atoms with Gasteiger partial charge in [0.25, 0.3) is 0 Å². The molecule has 0 N–H and O–H groups in total. The van der Waals surface area contributed by atoms with Crippen LogP contribution in [0.5, 0.6) is 0 Å². The lowest BCUT2D eigenvalue weighted by Crippen LogP contribution is -2.32. The predicted octanol–water partition coefficient (Wildman–Crippen LogP) is 5.86. The lowest BCUT2D eigenvalue weighted by atomic mass is 9.77. The summed E-state index contributed by atoms with van der Waals surface area (Å²) in [5, 5.41) is 22.3. The zero-order chi connectivity index (χ0) is 25.4. The fraction of sp³-hybridized carbons (Fsp3) is 0.321. The van der Waals surface area contributed by atoms with Crippen molar-refractivity contribution >= 4 is 23.4 Å². The first-order valence-corrected chi connectivity index (χ1v) is 12.3. The molecule has 36 heavy (non-hydrogen) atoms. The Morgan fingerprint density at radius 1 is 1.11 bits per heavy atom. The average Bonchev–Trinajstić information content (AvgIpc) is 3.49. The van der Waals surface area contributed by atoms with E-state index in [1.807, 2.05) is 38.1 Å². The highest BCUT2D eigenvalue weighted by molar-refractivity contribution is 6.09. The van der Waals surface area contributed by atoms with E-state index in [4.69, 9.17) is 5.10 Å². The third-order valence-electron chi connectivity index (χ3n) is 7.01. The summed E-state index contributed by atoms with van der Waals surface area (Å²) in [7, 11) is 0.